The molecular weight excluding hydrogens is 186 g/mol. The van der Waals surface area contributed by atoms with Crippen molar-refractivity contribution < 1.29 is 5.11 Å². The highest BCUT2D eigenvalue weighted by Gasteiger charge is 2.19. The van der Waals surface area contributed by atoms with Crippen LogP contribution >= 0.6 is 0 Å². The molecule has 1 aliphatic carbocycles. The van der Waals surface area contributed by atoms with Crippen LogP contribution in [0.4, 0.5) is 0 Å². The van der Waals surface area contributed by atoms with Crippen LogP contribution in [0.5, 0.6) is 0 Å². The van der Waals surface area contributed by atoms with Gasteiger partial charge in [-0.3, -0.25) is 0 Å². The maximum Gasteiger partial charge on any atom is 0.0611 e. The van der Waals surface area contributed by atoms with Crippen molar-refractivity contribution in [1.29, 1.82) is 0 Å². The SMILES string of the molecule is CC(N)(CO)Cc1ccc2c(c1)CCC2. The minimum Gasteiger partial charge on any atom is -0.394 e. The van der Waals surface area contributed by atoms with E-state index in [1.165, 1.54) is 36.0 Å². The molecule has 1 unspecified atom stereocenters. The predicted octanol–water partition coefficient (Wildman–Crippen LogP) is 1.43. The highest BCUT2D eigenvalue weighted by molar-refractivity contribution is 5.35. The highest BCUT2D eigenvalue weighted by atomic mass is 16.3. The van der Waals surface area contributed by atoms with Crippen LogP contribution in [0.15, 0.2) is 18.2 Å². The Balaban J connectivity index is 2.17. The Labute approximate surface area is 91.1 Å². The molecule has 1 aromatic carbocycles. The zero-order chi connectivity index (χ0) is 10.9. The van der Waals surface area contributed by atoms with Crippen LogP contribution in [0.2, 0.25) is 0 Å². The number of aliphatic hydroxyl groups is 1. The van der Waals surface area contributed by atoms with Gasteiger partial charge in [-0.15, -0.1) is 0 Å². The quantitative estimate of drug-likeness (QED) is 0.784. The van der Waals surface area contributed by atoms with Crippen LogP contribution < -0.4 is 5.73 Å². The molecule has 1 aliphatic rings. The summed E-state index contributed by atoms with van der Waals surface area (Å²) < 4.78 is 0. The Morgan fingerprint density at radius 3 is 2.80 bits per heavy atom. The summed E-state index contributed by atoms with van der Waals surface area (Å²) in [5.41, 5.74) is 9.66. The number of hydrogen-bond acceptors (Lipinski definition) is 2. The van der Waals surface area contributed by atoms with E-state index in [0.717, 1.165) is 6.42 Å². The van der Waals surface area contributed by atoms with E-state index in [1.54, 1.807) is 0 Å². The molecule has 0 heterocycles. The van der Waals surface area contributed by atoms with Crippen LogP contribution in [0.3, 0.4) is 0 Å². The van der Waals surface area contributed by atoms with E-state index in [1.807, 2.05) is 6.92 Å². The first-order valence-electron chi connectivity index (χ1n) is 5.61. The van der Waals surface area contributed by atoms with E-state index in [9.17, 15) is 0 Å². The second-order valence-electron chi connectivity index (χ2n) is 4.95. The molecule has 3 N–H and O–H groups in total. The second-order valence-corrected chi connectivity index (χ2v) is 4.95. The summed E-state index contributed by atoms with van der Waals surface area (Å²) in [6.07, 6.45) is 4.44. The van der Waals surface area contributed by atoms with E-state index >= 15 is 0 Å². The van der Waals surface area contributed by atoms with E-state index < -0.39 is 5.54 Å². The normalized spacial score (nSPS) is 18.6. The van der Waals surface area contributed by atoms with Gasteiger partial charge in [-0.1, -0.05) is 18.2 Å². The molecule has 0 fully saturated rings. The van der Waals surface area contributed by atoms with Crippen LogP contribution in [-0.4, -0.2) is 17.3 Å². The summed E-state index contributed by atoms with van der Waals surface area (Å²) in [4.78, 5) is 0. The molecule has 0 amide bonds. The molecule has 0 bridgehead atoms. The lowest BCUT2D eigenvalue weighted by Gasteiger charge is -2.21. The third kappa shape index (κ3) is 2.39. The fourth-order valence-electron chi connectivity index (χ4n) is 2.26. The molecule has 0 saturated heterocycles. The fourth-order valence-corrected chi connectivity index (χ4v) is 2.26. The van der Waals surface area contributed by atoms with Gasteiger partial charge < -0.3 is 10.8 Å². The average molecular weight is 205 g/mol. The van der Waals surface area contributed by atoms with Crippen LogP contribution in [0, 0.1) is 0 Å². The van der Waals surface area contributed by atoms with Gasteiger partial charge in [0, 0.05) is 5.54 Å². The minimum atomic E-state index is -0.493. The van der Waals surface area contributed by atoms with Crippen molar-refractivity contribution >= 4 is 0 Å². The predicted molar refractivity (Wildman–Crippen MR) is 61.8 cm³/mol. The third-order valence-corrected chi connectivity index (χ3v) is 3.13. The summed E-state index contributed by atoms with van der Waals surface area (Å²) in [7, 11) is 0. The molecule has 82 valence electrons. The Hall–Kier alpha value is -0.860. The molecule has 2 rings (SSSR count). The van der Waals surface area contributed by atoms with Gasteiger partial charge in [0.05, 0.1) is 6.61 Å². The molecule has 2 nitrogen and oxygen atoms in total. The van der Waals surface area contributed by atoms with Crippen molar-refractivity contribution in [3.63, 3.8) is 0 Å². The van der Waals surface area contributed by atoms with Crippen LogP contribution in [0.25, 0.3) is 0 Å². The molecular formula is C13H19NO. The van der Waals surface area contributed by atoms with Gasteiger partial charge in [-0.05, 0) is 49.3 Å². The minimum absolute atomic E-state index is 0.0318. The van der Waals surface area contributed by atoms with Gasteiger partial charge in [0.1, 0.15) is 0 Å². The zero-order valence-electron chi connectivity index (χ0n) is 9.29. The van der Waals surface area contributed by atoms with Gasteiger partial charge in [0.25, 0.3) is 0 Å². The molecule has 0 aliphatic heterocycles. The van der Waals surface area contributed by atoms with Crippen molar-refractivity contribution in [2.24, 2.45) is 5.73 Å². The zero-order valence-corrected chi connectivity index (χ0v) is 9.29. The summed E-state index contributed by atoms with van der Waals surface area (Å²) in [6.45, 7) is 1.92. The molecule has 0 aromatic heterocycles. The Morgan fingerprint density at radius 2 is 2.07 bits per heavy atom. The standard InChI is InChI=1S/C13H19NO/c1-13(14,9-15)8-10-5-6-11-3-2-4-12(11)7-10/h5-7,15H,2-4,8-9,14H2,1H3. The van der Waals surface area contributed by atoms with Crippen molar-refractivity contribution in [1.82, 2.24) is 0 Å². The van der Waals surface area contributed by atoms with Gasteiger partial charge >= 0.3 is 0 Å². The number of fused-ring (bicyclic) bond motifs is 1. The number of nitrogens with two attached hydrogens (primary N) is 1. The number of aryl methyl sites for hydroxylation is 2. The highest BCUT2D eigenvalue weighted by Crippen LogP contribution is 2.24. The van der Waals surface area contributed by atoms with E-state index in [0.29, 0.717) is 0 Å². The molecule has 0 saturated carbocycles. The number of benzene rings is 1. The lowest BCUT2D eigenvalue weighted by atomic mass is 9.93. The third-order valence-electron chi connectivity index (χ3n) is 3.13. The van der Waals surface area contributed by atoms with Crippen LogP contribution in [-0.2, 0) is 19.3 Å². The Kier molecular flexibility index (Phi) is 2.81. The summed E-state index contributed by atoms with van der Waals surface area (Å²) in [5.74, 6) is 0. The topological polar surface area (TPSA) is 46.2 Å². The molecule has 2 heteroatoms. The maximum absolute atomic E-state index is 9.12. The first-order valence-corrected chi connectivity index (χ1v) is 5.61. The summed E-state index contributed by atoms with van der Waals surface area (Å²) in [5, 5.41) is 9.12. The van der Waals surface area contributed by atoms with Crippen molar-refractivity contribution in [2.45, 2.75) is 38.1 Å². The van der Waals surface area contributed by atoms with Crippen molar-refractivity contribution in [2.75, 3.05) is 6.61 Å². The maximum atomic E-state index is 9.12. The molecule has 0 spiro atoms. The van der Waals surface area contributed by atoms with Crippen molar-refractivity contribution in [3.8, 4) is 0 Å². The van der Waals surface area contributed by atoms with E-state index in [2.05, 4.69) is 18.2 Å². The monoisotopic (exact) mass is 205 g/mol. The van der Waals surface area contributed by atoms with E-state index in [4.69, 9.17) is 10.8 Å². The lowest BCUT2D eigenvalue weighted by Crippen LogP contribution is -2.42. The largest absolute Gasteiger partial charge is 0.394 e. The first kappa shape index (κ1) is 10.7. The van der Waals surface area contributed by atoms with Crippen LogP contribution in [0.1, 0.15) is 30.0 Å². The number of rotatable bonds is 3. The Morgan fingerprint density at radius 1 is 1.33 bits per heavy atom. The molecule has 15 heavy (non-hydrogen) atoms. The molecule has 1 atom stereocenters. The van der Waals surface area contributed by atoms with Gasteiger partial charge in [0.15, 0.2) is 0 Å². The summed E-state index contributed by atoms with van der Waals surface area (Å²) in [6, 6.07) is 6.61. The number of hydrogen-bond donors (Lipinski definition) is 2. The van der Waals surface area contributed by atoms with Gasteiger partial charge in [-0.2, -0.15) is 0 Å². The molecule has 1 aromatic rings. The first-order chi connectivity index (χ1) is 7.11. The van der Waals surface area contributed by atoms with Crippen molar-refractivity contribution in [3.05, 3.63) is 34.9 Å². The fraction of sp³-hybridized carbons (Fsp3) is 0.538. The Bertz CT molecular complexity index is 358. The van der Waals surface area contributed by atoms with Gasteiger partial charge in [-0.25, -0.2) is 0 Å². The lowest BCUT2D eigenvalue weighted by molar-refractivity contribution is 0.208. The van der Waals surface area contributed by atoms with Gasteiger partial charge in [0.2, 0.25) is 0 Å². The molecule has 0 radical (unpaired) electrons. The smallest absolute Gasteiger partial charge is 0.0611 e. The number of aliphatic hydroxyl groups excluding tert-OH is 1. The second kappa shape index (κ2) is 3.95. The average Bonchev–Trinajstić information content (AvgIpc) is 2.64. The van der Waals surface area contributed by atoms with E-state index in [-0.39, 0.29) is 6.61 Å². The summed E-state index contributed by atoms with van der Waals surface area (Å²) >= 11 is 0.